The third-order valence-electron chi connectivity index (χ3n) is 3.10. The number of carboxylic acids is 1. The fraction of sp³-hybridized carbons (Fsp3) is 0. The minimum atomic E-state index is -1.50. The number of nitrogens with zero attached hydrogens (tertiary/aromatic N) is 2. The second-order valence-corrected chi connectivity index (χ2v) is 4.89. The molecule has 0 amide bonds. The highest BCUT2D eigenvalue weighted by atomic mass is 32.1. The Kier molecular flexibility index (Phi) is 3.26. The van der Waals surface area contributed by atoms with Crippen molar-refractivity contribution in [2.45, 2.75) is 0 Å². The average molecular weight is 333 g/mol. The number of nitro groups is 1. The number of fused-ring (bicyclic) bond motifs is 1. The number of rotatable bonds is 3. The van der Waals surface area contributed by atoms with Crippen LogP contribution in [0.1, 0.15) is 10.4 Å². The molecular formula is C12H7N5O5S. The first-order valence-electron chi connectivity index (χ1n) is 6.12. The molecule has 116 valence electrons. The van der Waals surface area contributed by atoms with E-state index in [1.807, 2.05) is 0 Å². The molecule has 2 aromatic heterocycles. The number of carboxylic acid groups (broad SMARTS) is 1. The van der Waals surface area contributed by atoms with Gasteiger partial charge in [-0.05, 0) is 18.3 Å². The number of hydrogen-bond acceptors (Lipinski definition) is 6. The Hall–Kier alpha value is -3.34. The van der Waals surface area contributed by atoms with E-state index in [-0.39, 0.29) is 27.3 Å². The molecule has 2 heterocycles. The van der Waals surface area contributed by atoms with E-state index in [1.165, 1.54) is 12.1 Å². The van der Waals surface area contributed by atoms with E-state index in [0.29, 0.717) is 0 Å². The van der Waals surface area contributed by atoms with Crippen molar-refractivity contribution in [1.29, 1.82) is 0 Å². The lowest BCUT2D eigenvalue weighted by Gasteiger charge is -2.06. The van der Waals surface area contributed by atoms with Crippen molar-refractivity contribution in [3.8, 4) is 11.4 Å². The number of nitrogens with one attached hydrogen (secondary N) is 3. The van der Waals surface area contributed by atoms with Crippen LogP contribution in [0.3, 0.4) is 0 Å². The fourth-order valence-corrected chi connectivity index (χ4v) is 2.37. The molecular weight excluding hydrogens is 326 g/mol. The average Bonchev–Trinajstić information content (AvgIpc) is 2.87. The minimum absolute atomic E-state index is 0.0776. The molecule has 10 nitrogen and oxygen atoms in total. The lowest BCUT2D eigenvalue weighted by Crippen LogP contribution is -2.12. The zero-order valence-corrected chi connectivity index (χ0v) is 11.9. The van der Waals surface area contributed by atoms with Gasteiger partial charge in [0, 0.05) is 11.6 Å². The summed E-state index contributed by atoms with van der Waals surface area (Å²) >= 11 is 4.87. The number of aromatic nitrogens is 4. The van der Waals surface area contributed by atoms with E-state index in [1.54, 1.807) is 0 Å². The second-order valence-electron chi connectivity index (χ2n) is 4.48. The summed E-state index contributed by atoms with van der Waals surface area (Å²) in [7, 11) is 0. The van der Waals surface area contributed by atoms with Gasteiger partial charge >= 0.3 is 5.97 Å². The third kappa shape index (κ3) is 2.38. The van der Waals surface area contributed by atoms with Crippen LogP contribution < -0.4 is 5.56 Å². The standard InChI is InChI=1S/C12H7N5O5S/c18-10-7-9(16-12(23)13-7)14-8(15-10)4-2-1-3-5(17(21)22)6(4)11(19)20/h1-3H,(H,19,20)(H3,13,14,15,16,18,23). The molecule has 0 aliphatic carbocycles. The Labute approximate surface area is 131 Å². The molecule has 0 bridgehead atoms. The van der Waals surface area contributed by atoms with Crippen LogP contribution in [0.2, 0.25) is 0 Å². The monoisotopic (exact) mass is 333 g/mol. The van der Waals surface area contributed by atoms with Gasteiger partial charge in [0.05, 0.1) is 4.92 Å². The topological polar surface area (TPSA) is 158 Å². The maximum atomic E-state index is 12.0. The van der Waals surface area contributed by atoms with Gasteiger partial charge in [0.1, 0.15) is 16.9 Å². The molecule has 23 heavy (non-hydrogen) atoms. The first-order valence-corrected chi connectivity index (χ1v) is 6.52. The Balaban J connectivity index is 2.37. The molecule has 0 fully saturated rings. The van der Waals surface area contributed by atoms with Gasteiger partial charge in [0.25, 0.3) is 11.2 Å². The van der Waals surface area contributed by atoms with Crippen molar-refractivity contribution in [3.63, 3.8) is 0 Å². The molecule has 0 atom stereocenters. The van der Waals surface area contributed by atoms with Crippen LogP contribution in [0.25, 0.3) is 22.6 Å². The van der Waals surface area contributed by atoms with Gasteiger partial charge in [-0.25, -0.2) is 9.78 Å². The van der Waals surface area contributed by atoms with Crippen molar-refractivity contribution >= 4 is 35.0 Å². The molecule has 0 saturated carbocycles. The van der Waals surface area contributed by atoms with Crippen molar-refractivity contribution in [1.82, 2.24) is 19.9 Å². The Bertz CT molecular complexity index is 1080. The number of carbonyl (C=O) groups is 1. The number of H-pyrrole nitrogens is 3. The molecule has 11 heteroatoms. The highest BCUT2D eigenvalue weighted by Gasteiger charge is 2.25. The van der Waals surface area contributed by atoms with E-state index < -0.39 is 27.7 Å². The van der Waals surface area contributed by atoms with Crippen LogP contribution in [0.5, 0.6) is 0 Å². The molecule has 4 N–H and O–H groups in total. The van der Waals surface area contributed by atoms with Gasteiger partial charge in [0.2, 0.25) is 0 Å². The maximum Gasteiger partial charge on any atom is 0.343 e. The van der Waals surface area contributed by atoms with Gasteiger partial charge in [0.15, 0.2) is 10.4 Å². The largest absolute Gasteiger partial charge is 0.477 e. The minimum Gasteiger partial charge on any atom is -0.477 e. The first-order chi connectivity index (χ1) is 10.9. The van der Waals surface area contributed by atoms with Gasteiger partial charge in [-0.15, -0.1) is 0 Å². The maximum absolute atomic E-state index is 12.0. The highest BCUT2D eigenvalue weighted by molar-refractivity contribution is 7.71. The summed E-state index contributed by atoms with van der Waals surface area (Å²) in [5.41, 5.74) is -1.60. The molecule has 3 rings (SSSR count). The van der Waals surface area contributed by atoms with E-state index in [9.17, 15) is 24.8 Å². The number of nitro benzene ring substituents is 1. The molecule has 0 aliphatic rings. The van der Waals surface area contributed by atoms with E-state index in [4.69, 9.17) is 12.2 Å². The Morgan fingerprint density at radius 1 is 1.30 bits per heavy atom. The summed E-state index contributed by atoms with van der Waals surface area (Å²) in [6, 6.07) is 3.69. The van der Waals surface area contributed by atoms with Crippen molar-refractivity contribution in [3.05, 3.63) is 49.0 Å². The molecule has 3 aromatic rings. The normalized spacial score (nSPS) is 10.8. The van der Waals surface area contributed by atoms with E-state index in [0.717, 1.165) is 6.07 Å². The molecule has 0 unspecified atom stereocenters. The number of imidazole rings is 1. The second kappa shape index (κ2) is 5.14. The smallest absolute Gasteiger partial charge is 0.343 e. The third-order valence-corrected chi connectivity index (χ3v) is 3.30. The lowest BCUT2D eigenvalue weighted by atomic mass is 10.0. The molecule has 1 aromatic carbocycles. The first kappa shape index (κ1) is 14.6. The summed E-state index contributed by atoms with van der Waals surface area (Å²) < 4.78 is 0.174. The van der Waals surface area contributed by atoms with Crippen LogP contribution in [0.15, 0.2) is 23.0 Å². The van der Waals surface area contributed by atoms with Crippen LogP contribution in [0.4, 0.5) is 5.69 Å². The number of aromatic amines is 3. The van der Waals surface area contributed by atoms with Crippen LogP contribution in [0, 0.1) is 14.9 Å². The van der Waals surface area contributed by atoms with E-state index in [2.05, 4.69) is 19.9 Å². The molecule has 0 spiro atoms. The summed E-state index contributed by atoms with van der Waals surface area (Å²) in [5, 5.41) is 20.3. The Morgan fingerprint density at radius 3 is 2.70 bits per heavy atom. The van der Waals surface area contributed by atoms with Gasteiger partial charge in [-0.1, -0.05) is 6.07 Å². The van der Waals surface area contributed by atoms with Gasteiger partial charge in [-0.3, -0.25) is 14.9 Å². The Morgan fingerprint density at radius 2 is 2.04 bits per heavy atom. The fourth-order valence-electron chi connectivity index (χ4n) is 2.17. The number of aromatic carboxylic acids is 1. The van der Waals surface area contributed by atoms with Crippen LogP contribution in [-0.4, -0.2) is 35.9 Å². The number of benzene rings is 1. The predicted molar refractivity (Wildman–Crippen MR) is 80.9 cm³/mol. The summed E-state index contributed by atoms with van der Waals surface area (Å²) in [6.07, 6.45) is 0. The van der Waals surface area contributed by atoms with Gasteiger partial charge < -0.3 is 20.1 Å². The summed E-state index contributed by atoms with van der Waals surface area (Å²) in [6.45, 7) is 0. The lowest BCUT2D eigenvalue weighted by molar-refractivity contribution is -0.385. The molecule has 0 radical (unpaired) electrons. The van der Waals surface area contributed by atoms with Crippen LogP contribution >= 0.6 is 12.2 Å². The summed E-state index contributed by atoms with van der Waals surface area (Å²) in [5.74, 6) is -1.62. The summed E-state index contributed by atoms with van der Waals surface area (Å²) in [4.78, 5) is 45.3. The van der Waals surface area contributed by atoms with Crippen LogP contribution in [-0.2, 0) is 0 Å². The van der Waals surface area contributed by atoms with Crippen molar-refractivity contribution < 1.29 is 14.8 Å². The SMILES string of the molecule is O=C(O)c1c(-c2nc3[nH]c(=S)[nH]c3c(=O)[nH]2)cccc1[N+](=O)[O-]. The quantitative estimate of drug-likeness (QED) is 0.322. The predicted octanol–water partition coefficient (Wildman–Crippen LogP) is 1.58. The zero-order chi connectivity index (χ0) is 16.7. The highest BCUT2D eigenvalue weighted by Crippen LogP contribution is 2.28. The number of hydrogen-bond donors (Lipinski definition) is 4. The molecule has 0 aliphatic heterocycles. The van der Waals surface area contributed by atoms with Crippen molar-refractivity contribution in [2.75, 3.05) is 0 Å². The zero-order valence-electron chi connectivity index (χ0n) is 11.1. The molecule has 0 saturated heterocycles. The van der Waals surface area contributed by atoms with Gasteiger partial charge in [-0.2, -0.15) is 0 Å². The van der Waals surface area contributed by atoms with E-state index >= 15 is 0 Å². The van der Waals surface area contributed by atoms with Crippen molar-refractivity contribution in [2.24, 2.45) is 0 Å².